The molecule has 0 aromatic heterocycles. The van der Waals surface area contributed by atoms with Crippen LogP contribution in [0.1, 0.15) is 62.8 Å². The predicted molar refractivity (Wildman–Crippen MR) is 99.4 cm³/mol. The van der Waals surface area contributed by atoms with Crippen molar-refractivity contribution in [2.45, 2.75) is 56.8 Å². The van der Waals surface area contributed by atoms with Gasteiger partial charge in [-0.15, -0.1) is 4.91 Å². The molecule has 1 spiro atoms. The van der Waals surface area contributed by atoms with Gasteiger partial charge in [-0.05, 0) is 75.4 Å². The second-order valence-electron chi connectivity index (χ2n) is 9.07. The Kier molecular flexibility index (Phi) is 3.11. The highest BCUT2D eigenvalue weighted by Gasteiger charge is 2.56. The molecule has 5 nitrogen and oxygen atoms in total. The largest absolute Gasteiger partial charge is 0.506 e. The molecular formula is C21H23NO4. The maximum Gasteiger partial charge on any atom is 0.157 e. The summed E-state index contributed by atoms with van der Waals surface area (Å²) >= 11 is 0. The predicted octanol–water partition coefficient (Wildman–Crippen LogP) is 4.85. The van der Waals surface area contributed by atoms with Gasteiger partial charge in [-0.2, -0.15) is 0 Å². The maximum absolute atomic E-state index is 11.1. The van der Waals surface area contributed by atoms with Crippen LogP contribution in [-0.2, 0) is 16.2 Å². The van der Waals surface area contributed by atoms with Crippen molar-refractivity contribution in [2.75, 3.05) is 0 Å². The molecule has 2 aromatic rings. The summed E-state index contributed by atoms with van der Waals surface area (Å²) in [5.41, 5.74) is 3.22. The highest BCUT2D eigenvalue weighted by molar-refractivity contribution is 5.67. The minimum atomic E-state index is -0.387. The Morgan fingerprint density at radius 1 is 0.731 bits per heavy atom. The zero-order valence-corrected chi connectivity index (χ0v) is 15.4. The summed E-state index contributed by atoms with van der Waals surface area (Å²) in [5.74, 6) is -0.373. The normalized spacial score (nSPS) is 24.5. The highest BCUT2D eigenvalue weighted by atomic mass is 16.3. The molecular weight excluding hydrogens is 330 g/mol. The summed E-state index contributed by atoms with van der Waals surface area (Å²) in [6.45, 7) is 8.50. The summed E-state index contributed by atoms with van der Waals surface area (Å²) in [6.07, 6.45) is 1.58. The van der Waals surface area contributed by atoms with Gasteiger partial charge in [0.05, 0.1) is 0 Å². The number of hydrogen-bond donors (Lipinski definition) is 3. The molecule has 0 saturated heterocycles. The van der Waals surface area contributed by atoms with Crippen LogP contribution in [0.2, 0.25) is 0 Å². The first-order chi connectivity index (χ1) is 12.0. The van der Waals surface area contributed by atoms with Gasteiger partial charge < -0.3 is 15.3 Å². The molecule has 2 aliphatic rings. The van der Waals surface area contributed by atoms with E-state index >= 15 is 0 Å². The molecule has 2 aromatic carbocycles. The van der Waals surface area contributed by atoms with Crippen LogP contribution >= 0.6 is 0 Å². The Labute approximate surface area is 152 Å². The number of fused-ring (bicyclic) bond motifs is 4. The number of nitroso groups, excluding NO2 is 1. The molecule has 0 aliphatic heterocycles. The van der Waals surface area contributed by atoms with Crippen molar-refractivity contribution >= 4 is 5.69 Å². The first kappa shape index (κ1) is 16.9. The van der Waals surface area contributed by atoms with Crippen LogP contribution in [0.5, 0.6) is 17.2 Å². The first-order valence-electron chi connectivity index (χ1n) is 8.80. The molecule has 0 bridgehead atoms. The van der Waals surface area contributed by atoms with Gasteiger partial charge in [0.25, 0.3) is 0 Å². The molecule has 3 N–H and O–H groups in total. The summed E-state index contributed by atoms with van der Waals surface area (Å²) in [7, 11) is 0. The van der Waals surface area contributed by atoms with E-state index in [1.165, 1.54) is 0 Å². The molecule has 0 fully saturated rings. The van der Waals surface area contributed by atoms with Gasteiger partial charge in [0.1, 0.15) is 11.4 Å². The minimum absolute atomic E-state index is 0.0555. The molecule has 5 heteroatoms. The minimum Gasteiger partial charge on any atom is -0.506 e. The average molecular weight is 353 g/mol. The number of nitrogens with zero attached hydrogens (tertiary/aromatic N) is 1. The van der Waals surface area contributed by atoms with E-state index < -0.39 is 0 Å². The van der Waals surface area contributed by atoms with E-state index in [9.17, 15) is 20.2 Å². The number of benzene rings is 2. The van der Waals surface area contributed by atoms with Crippen molar-refractivity contribution in [3.05, 3.63) is 51.4 Å². The maximum atomic E-state index is 11.1. The third-order valence-electron chi connectivity index (χ3n) is 6.30. The van der Waals surface area contributed by atoms with E-state index in [0.717, 1.165) is 35.1 Å². The van der Waals surface area contributed by atoms with E-state index in [4.69, 9.17) is 0 Å². The van der Waals surface area contributed by atoms with Gasteiger partial charge in [0.15, 0.2) is 11.5 Å². The molecule has 2 aliphatic carbocycles. The Hall–Kier alpha value is -2.56. The number of rotatable bonds is 1. The lowest BCUT2D eigenvalue weighted by molar-refractivity contribution is 0.348. The third kappa shape index (κ3) is 1.97. The zero-order valence-electron chi connectivity index (χ0n) is 15.4. The molecule has 0 amide bonds. The lowest BCUT2D eigenvalue weighted by atomic mass is 9.72. The van der Waals surface area contributed by atoms with Crippen molar-refractivity contribution in [2.24, 2.45) is 5.18 Å². The number of phenolic OH excluding ortho intramolecular Hbond substituents is 3. The lowest BCUT2D eigenvalue weighted by Gasteiger charge is -2.30. The molecule has 1 atom stereocenters. The highest BCUT2D eigenvalue weighted by Crippen LogP contribution is 2.64. The first-order valence-corrected chi connectivity index (χ1v) is 8.80. The third-order valence-corrected chi connectivity index (χ3v) is 6.30. The second-order valence-corrected chi connectivity index (χ2v) is 9.07. The summed E-state index contributed by atoms with van der Waals surface area (Å²) in [4.78, 5) is 11.1. The molecule has 0 saturated carbocycles. The van der Waals surface area contributed by atoms with E-state index in [2.05, 4.69) is 32.9 Å². The molecule has 136 valence electrons. The fourth-order valence-corrected chi connectivity index (χ4v) is 5.43. The van der Waals surface area contributed by atoms with Crippen molar-refractivity contribution in [1.82, 2.24) is 0 Å². The van der Waals surface area contributed by atoms with Gasteiger partial charge in [-0.1, -0.05) is 27.7 Å². The van der Waals surface area contributed by atoms with Crippen LogP contribution in [0.15, 0.2) is 29.4 Å². The average Bonchev–Trinajstić information content (AvgIpc) is 2.87. The number of phenols is 3. The Bertz CT molecular complexity index is 961. The van der Waals surface area contributed by atoms with Crippen molar-refractivity contribution in [3.63, 3.8) is 0 Å². The monoisotopic (exact) mass is 353 g/mol. The second kappa shape index (κ2) is 4.78. The van der Waals surface area contributed by atoms with Gasteiger partial charge in [0, 0.05) is 5.41 Å². The van der Waals surface area contributed by atoms with Gasteiger partial charge in [-0.25, -0.2) is 0 Å². The SMILES string of the molecule is CC1(C)CC2(CC(C)(C)c3cc(N=O)c(O)cc32)c2cc(O)c(O)cc21. The summed E-state index contributed by atoms with van der Waals surface area (Å²) < 4.78 is 0. The quantitative estimate of drug-likeness (QED) is 0.505. The van der Waals surface area contributed by atoms with Gasteiger partial charge in [-0.3, -0.25) is 0 Å². The molecule has 0 heterocycles. The van der Waals surface area contributed by atoms with E-state index in [1.807, 2.05) is 0 Å². The Morgan fingerprint density at radius 3 is 1.65 bits per heavy atom. The fraction of sp³-hybridized carbons (Fsp3) is 0.429. The van der Waals surface area contributed by atoms with Crippen LogP contribution in [0, 0.1) is 4.91 Å². The molecule has 0 radical (unpaired) electrons. The zero-order chi connectivity index (χ0) is 19.1. The van der Waals surface area contributed by atoms with E-state index in [-0.39, 0.29) is 39.2 Å². The topological polar surface area (TPSA) is 90.1 Å². The van der Waals surface area contributed by atoms with Crippen LogP contribution in [0.25, 0.3) is 0 Å². The standard InChI is InChI=1S/C21H23NO4/c1-19(2)9-21(13-7-16(23)15(22-26)5-11(13)19)10-20(3,4)12-6-17(24)18(25)8-14(12)21/h5-8,23-25H,9-10H2,1-4H3. The van der Waals surface area contributed by atoms with Crippen molar-refractivity contribution < 1.29 is 15.3 Å². The van der Waals surface area contributed by atoms with Gasteiger partial charge >= 0.3 is 0 Å². The molecule has 26 heavy (non-hydrogen) atoms. The fourth-order valence-electron chi connectivity index (χ4n) is 5.43. The number of aromatic hydroxyl groups is 3. The van der Waals surface area contributed by atoms with Crippen LogP contribution in [-0.4, -0.2) is 15.3 Å². The Morgan fingerprint density at radius 2 is 1.15 bits per heavy atom. The Balaban J connectivity index is 2.06. The van der Waals surface area contributed by atoms with Crippen LogP contribution in [0.4, 0.5) is 5.69 Å². The summed E-state index contributed by atoms with van der Waals surface area (Å²) in [5, 5.41) is 33.4. The van der Waals surface area contributed by atoms with Crippen LogP contribution < -0.4 is 0 Å². The smallest absolute Gasteiger partial charge is 0.157 e. The van der Waals surface area contributed by atoms with Crippen LogP contribution in [0.3, 0.4) is 0 Å². The van der Waals surface area contributed by atoms with Gasteiger partial charge in [0.2, 0.25) is 0 Å². The molecule has 4 rings (SSSR count). The number of hydrogen-bond acceptors (Lipinski definition) is 5. The molecule has 1 unspecified atom stereocenters. The summed E-state index contributed by atoms with van der Waals surface area (Å²) in [6, 6.07) is 6.67. The van der Waals surface area contributed by atoms with Crippen molar-refractivity contribution in [1.29, 1.82) is 0 Å². The van der Waals surface area contributed by atoms with E-state index in [0.29, 0.717) is 0 Å². The van der Waals surface area contributed by atoms with Crippen molar-refractivity contribution in [3.8, 4) is 17.2 Å². The lowest BCUT2D eigenvalue weighted by Crippen LogP contribution is -2.26. The van der Waals surface area contributed by atoms with E-state index in [1.54, 1.807) is 24.3 Å².